The molecule has 164 valence electrons. The van der Waals surface area contributed by atoms with E-state index in [2.05, 4.69) is 27.5 Å². The zero-order chi connectivity index (χ0) is 22.5. The quantitative estimate of drug-likeness (QED) is 0.396. The summed E-state index contributed by atoms with van der Waals surface area (Å²) in [7, 11) is 3.41. The lowest BCUT2D eigenvalue weighted by Crippen LogP contribution is -2.44. The van der Waals surface area contributed by atoms with Crippen molar-refractivity contribution in [1.82, 2.24) is 10.2 Å². The molecule has 2 aromatic carbocycles. The average Bonchev–Trinajstić information content (AvgIpc) is 2.74. The van der Waals surface area contributed by atoms with Gasteiger partial charge in [-0.1, -0.05) is 11.6 Å². The number of carbonyl (C=O) groups is 1. The van der Waals surface area contributed by atoms with Crippen molar-refractivity contribution in [2.45, 2.75) is 0 Å². The number of thiocarbonyl (C=S) groups is 1. The van der Waals surface area contributed by atoms with Crippen LogP contribution >= 0.6 is 23.8 Å². The van der Waals surface area contributed by atoms with Crippen molar-refractivity contribution in [3.63, 3.8) is 0 Å². The molecule has 1 heterocycles. The van der Waals surface area contributed by atoms with E-state index in [9.17, 15) is 14.9 Å². The van der Waals surface area contributed by atoms with Crippen molar-refractivity contribution < 1.29 is 14.5 Å². The first kappa shape index (κ1) is 22.7. The van der Waals surface area contributed by atoms with Crippen molar-refractivity contribution in [3.8, 4) is 5.75 Å². The molecule has 3 rings (SSSR count). The largest absolute Gasteiger partial charge is 0.490 e. The fourth-order valence-electron chi connectivity index (χ4n) is 3.20. The Morgan fingerprint density at radius 1 is 1.19 bits per heavy atom. The van der Waals surface area contributed by atoms with Crippen LogP contribution in [0.2, 0.25) is 5.02 Å². The van der Waals surface area contributed by atoms with Crippen LogP contribution in [0.1, 0.15) is 10.4 Å². The molecule has 9 nitrogen and oxygen atoms in total. The van der Waals surface area contributed by atoms with Crippen molar-refractivity contribution in [3.05, 3.63) is 57.1 Å². The number of rotatable bonds is 5. The van der Waals surface area contributed by atoms with Crippen LogP contribution in [0.15, 0.2) is 36.4 Å². The summed E-state index contributed by atoms with van der Waals surface area (Å²) in [5, 5.41) is 17.2. The SMILES string of the molecule is COc1ccc(C(=O)NC(=S)Nc2ccc(N3CCN(C)CC3)c(Cl)c2)cc1[N+](=O)[O-]. The second-order valence-corrected chi connectivity index (χ2v) is 7.82. The van der Waals surface area contributed by atoms with Crippen molar-refractivity contribution in [1.29, 1.82) is 0 Å². The standard InChI is InChI=1S/C20H22ClN5O4S/c1-24-7-9-25(10-8-24)16-5-4-14(12-15(16)21)22-20(31)23-19(27)13-3-6-18(30-2)17(11-13)26(28)29/h3-6,11-12H,7-10H2,1-2H3,(H2,22,23,27,31). The summed E-state index contributed by atoms with van der Waals surface area (Å²) in [4.78, 5) is 27.5. The van der Waals surface area contributed by atoms with Crippen molar-refractivity contribution >= 4 is 51.9 Å². The zero-order valence-corrected chi connectivity index (χ0v) is 18.6. The number of methoxy groups -OCH3 is 1. The molecule has 11 heteroatoms. The minimum Gasteiger partial charge on any atom is -0.490 e. The summed E-state index contributed by atoms with van der Waals surface area (Å²) >= 11 is 11.7. The second-order valence-electron chi connectivity index (χ2n) is 7.01. The maximum absolute atomic E-state index is 12.4. The summed E-state index contributed by atoms with van der Waals surface area (Å²) in [6.45, 7) is 3.73. The van der Waals surface area contributed by atoms with E-state index in [0.717, 1.165) is 37.9 Å². The Labute approximate surface area is 190 Å². The van der Waals surface area contributed by atoms with E-state index in [1.54, 1.807) is 6.07 Å². The molecule has 0 radical (unpaired) electrons. The normalized spacial score (nSPS) is 14.1. The number of anilines is 2. The van der Waals surface area contributed by atoms with Gasteiger partial charge in [0.25, 0.3) is 5.91 Å². The molecular formula is C20H22ClN5O4S. The third-order valence-electron chi connectivity index (χ3n) is 4.91. The molecule has 1 amide bonds. The first-order chi connectivity index (χ1) is 14.8. The molecule has 1 saturated heterocycles. The van der Waals surface area contributed by atoms with Gasteiger partial charge in [0.15, 0.2) is 10.9 Å². The second kappa shape index (κ2) is 9.90. The number of nitrogens with zero attached hydrogens (tertiary/aromatic N) is 3. The van der Waals surface area contributed by atoms with Crippen LogP contribution in [-0.2, 0) is 0 Å². The molecule has 2 aromatic rings. The molecule has 0 atom stereocenters. The lowest BCUT2D eigenvalue weighted by atomic mass is 10.1. The van der Waals surface area contributed by atoms with Crippen LogP contribution in [0.4, 0.5) is 17.1 Å². The zero-order valence-electron chi connectivity index (χ0n) is 17.1. The van der Waals surface area contributed by atoms with Gasteiger partial charge in [-0.3, -0.25) is 20.2 Å². The van der Waals surface area contributed by atoms with Gasteiger partial charge in [-0.15, -0.1) is 0 Å². The van der Waals surface area contributed by atoms with Crippen molar-refractivity contribution in [2.75, 3.05) is 50.6 Å². The maximum Gasteiger partial charge on any atom is 0.311 e. The van der Waals surface area contributed by atoms with E-state index in [1.165, 1.54) is 19.2 Å². The number of hydrogen-bond acceptors (Lipinski definition) is 7. The summed E-state index contributed by atoms with van der Waals surface area (Å²) in [5.41, 5.74) is 1.34. The summed E-state index contributed by atoms with van der Waals surface area (Å²) in [6, 6.07) is 9.40. The number of halogens is 1. The summed E-state index contributed by atoms with van der Waals surface area (Å²) in [5.74, 6) is -0.513. The van der Waals surface area contributed by atoms with E-state index in [1.807, 2.05) is 12.1 Å². The third-order valence-corrected chi connectivity index (χ3v) is 5.42. The number of amides is 1. The van der Waals surface area contributed by atoms with Gasteiger partial charge < -0.3 is 19.9 Å². The van der Waals surface area contributed by atoms with Crippen molar-refractivity contribution in [2.24, 2.45) is 0 Å². The van der Waals surface area contributed by atoms with Gasteiger partial charge in [-0.2, -0.15) is 0 Å². The smallest absolute Gasteiger partial charge is 0.311 e. The van der Waals surface area contributed by atoms with E-state index in [-0.39, 0.29) is 22.1 Å². The lowest BCUT2D eigenvalue weighted by Gasteiger charge is -2.34. The molecule has 0 saturated carbocycles. The number of benzene rings is 2. The molecule has 2 N–H and O–H groups in total. The molecule has 0 unspecified atom stereocenters. The number of carbonyl (C=O) groups excluding carboxylic acids is 1. The fraction of sp³-hybridized carbons (Fsp3) is 0.300. The molecule has 0 bridgehead atoms. The number of likely N-dealkylation sites (N-methyl/N-ethyl adjacent to an activating group) is 1. The molecule has 31 heavy (non-hydrogen) atoms. The molecule has 1 fully saturated rings. The highest BCUT2D eigenvalue weighted by Gasteiger charge is 2.19. The minimum atomic E-state index is -0.615. The summed E-state index contributed by atoms with van der Waals surface area (Å²) < 4.78 is 4.94. The molecule has 0 spiro atoms. The number of piperazine rings is 1. The number of nitro benzene ring substituents is 1. The molecule has 0 aromatic heterocycles. The van der Waals surface area contributed by atoms with Gasteiger partial charge in [0.2, 0.25) is 0 Å². The Morgan fingerprint density at radius 3 is 2.52 bits per heavy atom. The van der Waals surface area contributed by atoms with E-state index in [0.29, 0.717) is 10.7 Å². The highest BCUT2D eigenvalue weighted by Crippen LogP contribution is 2.30. The summed E-state index contributed by atoms with van der Waals surface area (Å²) in [6.07, 6.45) is 0. The van der Waals surface area contributed by atoms with E-state index in [4.69, 9.17) is 28.6 Å². The Hall–Kier alpha value is -2.95. The number of nitrogens with one attached hydrogen (secondary N) is 2. The number of ether oxygens (including phenoxy) is 1. The number of nitro groups is 1. The van der Waals surface area contributed by atoms with Gasteiger partial charge in [0.1, 0.15) is 0 Å². The van der Waals surface area contributed by atoms with Crippen LogP contribution < -0.4 is 20.3 Å². The van der Waals surface area contributed by atoms with Crippen LogP contribution in [0.5, 0.6) is 5.75 Å². The van der Waals surface area contributed by atoms with Crippen LogP contribution in [0.25, 0.3) is 0 Å². The Bertz CT molecular complexity index is 1010. The minimum absolute atomic E-state index is 0.0480. The van der Waals surface area contributed by atoms with Crippen LogP contribution in [-0.4, -0.2) is 61.2 Å². The maximum atomic E-state index is 12.4. The van der Waals surface area contributed by atoms with Gasteiger partial charge in [-0.25, -0.2) is 0 Å². The third kappa shape index (κ3) is 5.60. The van der Waals surface area contributed by atoms with Gasteiger partial charge >= 0.3 is 5.69 Å². The van der Waals surface area contributed by atoms with E-state index >= 15 is 0 Å². The monoisotopic (exact) mass is 463 g/mol. The molecule has 1 aliphatic rings. The highest BCUT2D eigenvalue weighted by atomic mass is 35.5. The highest BCUT2D eigenvalue weighted by molar-refractivity contribution is 7.80. The Kier molecular flexibility index (Phi) is 7.26. The van der Waals surface area contributed by atoms with Gasteiger partial charge in [-0.05, 0) is 49.6 Å². The van der Waals surface area contributed by atoms with E-state index < -0.39 is 10.8 Å². The van der Waals surface area contributed by atoms with Gasteiger partial charge in [0.05, 0.1) is 22.7 Å². The predicted octanol–water partition coefficient (Wildman–Crippen LogP) is 3.14. The molecule has 0 aliphatic carbocycles. The topological polar surface area (TPSA) is 100.0 Å². The van der Waals surface area contributed by atoms with Gasteiger partial charge in [0, 0.05) is 43.5 Å². The molecule has 1 aliphatic heterocycles. The Balaban J connectivity index is 1.64. The fourth-order valence-corrected chi connectivity index (χ4v) is 3.71. The van der Waals surface area contributed by atoms with Crippen LogP contribution in [0.3, 0.4) is 0 Å². The predicted molar refractivity (Wildman–Crippen MR) is 124 cm³/mol. The molecular weight excluding hydrogens is 442 g/mol. The number of hydrogen-bond donors (Lipinski definition) is 2. The average molecular weight is 464 g/mol. The first-order valence-electron chi connectivity index (χ1n) is 9.46. The lowest BCUT2D eigenvalue weighted by molar-refractivity contribution is -0.385. The van der Waals surface area contributed by atoms with Crippen LogP contribution in [0, 0.1) is 10.1 Å². The first-order valence-corrected chi connectivity index (χ1v) is 10.2. The Morgan fingerprint density at radius 2 is 1.90 bits per heavy atom.